The fraction of sp³-hybridized carbons (Fsp3) is 0.538. The minimum Gasteiger partial charge on any atom is -0.350 e. The Morgan fingerprint density at radius 3 is 2.74 bits per heavy atom. The van der Waals surface area contributed by atoms with E-state index in [2.05, 4.69) is 29.6 Å². The van der Waals surface area contributed by atoms with Gasteiger partial charge in [-0.1, -0.05) is 31.9 Å². The molecule has 2 unspecified atom stereocenters. The first-order valence-electron chi connectivity index (χ1n) is 6.41. The van der Waals surface area contributed by atoms with Gasteiger partial charge in [-0.25, -0.2) is 10.8 Å². The molecule has 1 rings (SSSR count). The summed E-state index contributed by atoms with van der Waals surface area (Å²) in [5.41, 5.74) is 2.83. The highest BCUT2D eigenvalue weighted by molar-refractivity contribution is 6.29. The molecule has 0 aliphatic carbocycles. The molecule has 1 amide bonds. The summed E-state index contributed by atoms with van der Waals surface area (Å²) in [5, 5.41) is 3.18. The molecule has 0 saturated carbocycles. The number of nitrogen functional groups attached to an aromatic ring is 1. The van der Waals surface area contributed by atoms with Crippen molar-refractivity contribution in [2.24, 2.45) is 11.8 Å². The zero-order chi connectivity index (χ0) is 14.4. The molecule has 0 bridgehead atoms. The van der Waals surface area contributed by atoms with Gasteiger partial charge in [0.25, 0.3) is 5.91 Å². The molecule has 0 radical (unpaired) electrons. The highest BCUT2D eigenvalue weighted by atomic mass is 35.5. The third-order valence-corrected chi connectivity index (χ3v) is 3.23. The first-order chi connectivity index (χ1) is 8.96. The summed E-state index contributed by atoms with van der Waals surface area (Å²) in [6.07, 6.45) is 2.05. The molecular weight excluding hydrogens is 264 g/mol. The topological polar surface area (TPSA) is 80.0 Å². The summed E-state index contributed by atoms with van der Waals surface area (Å²) in [5.74, 6) is 6.05. The molecule has 0 spiro atoms. The van der Waals surface area contributed by atoms with Crippen molar-refractivity contribution in [3.8, 4) is 0 Å². The van der Waals surface area contributed by atoms with Crippen LogP contribution < -0.4 is 16.6 Å². The molecule has 1 aromatic rings. The van der Waals surface area contributed by atoms with Gasteiger partial charge >= 0.3 is 0 Å². The summed E-state index contributed by atoms with van der Waals surface area (Å²) in [6, 6.07) is 3.20. The van der Waals surface area contributed by atoms with Crippen molar-refractivity contribution in [2.75, 3.05) is 5.43 Å². The number of aromatic nitrogens is 1. The number of anilines is 1. The molecule has 106 valence electrons. The van der Waals surface area contributed by atoms with Gasteiger partial charge in [0.2, 0.25) is 0 Å². The second kappa shape index (κ2) is 7.31. The van der Waals surface area contributed by atoms with Gasteiger partial charge in [0.05, 0.1) is 0 Å². The van der Waals surface area contributed by atoms with Gasteiger partial charge in [0.1, 0.15) is 11.0 Å². The number of nitrogens with two attached hydrogens (primary N) is 1. The van der Waals surface area contributed by atoms with Crippen LogP contribution in [-0.2, 0) is 0 Å². The van der Waals surface area contributed by atoms with Crippen molar-refractivity contribution in [2.45, 2.75) is 39.7 Å². The van der Waals surface area contributed by atoms with Crippen molar-refractivity contribution >= 4 is 23.3 Å². The quantitative estimate of drug-likeness (QED) is 0.426. The number of nitrogens with one attached hydrogen (secondary N) is 2. The molecule has 2 atom stereocenters. The normalized spacial score (nSPS) is 13.7. The number of amides is 1. The minimum atomic E-state index is -0.170. The van der Waals surface area contributed by atoms with E-state index in [-0.39, 0.29) is 17.1 Å². The van der Waals surface area contributed by atoms with Gasteiger partial charge < -0.3 is 10.7 Å². The van der Waals surface area contributed by atoms with Gasteiger partial charge in [0.15, 0.2) is 0 Å². The van der Waals surface area contributed by atoms with Gasteiger partial charge in [-0.05, 0) is 31.4 Å². The van der Waals surface area contributed by atoms with Crippen molar-refractivity contribution in [1.29, 1.82) is 0 Å². The Morgan fingerprint density at radius 1 is 1.47 bits per heavy atom. The lowest BCUT2D eigenvalue weighted by Gasteiger charge is -2.17. The number of rotatable bonds is 6. The number of carbonyl (C=O) groups excluding carboxylic acids is 1. The average Bonchev–Trinajstić information content (AvgIpc) is 2.37. The second-order valence-electron chi connectivity index (χ2n) is 4.83. The van der Waals surface area contributed by atoms with E-state index in [0.29, 0.717) is 17.3 Å². The molecule has 1 aromatic heterocycles. The maximum absolute atomic E-state index is 12.1. The third kappa shape index (κ3) is 5.04. The van der Waals surface area contributed by atoms with Gasteiger partial charge in [-0.2, -0.15) is 0 Å². The maximum Gasteiger partial charge on any atom is 0.251 e. The van der Waals surface area contributed by atoms with E-state index >= 15 is 0 Å². The van der Waals surface area contributed by atoms with E-state index in [1.54, 1.807) is 6.07 Å². The second-order valence-corrected chi connectivity index (χ2v) is 5.22. The van der Waals surface area contributed by atoms with Gasteiger partial charge in [-0.15, -0.1) is 0 Å². The van der Waals surface area contributed by atoms with E-state index in [1.165, 1.54) is 6.07 Å². The highest BCUT2D eigenvalue weighted by Crippen LogP contribution is 2.15. The zero-order valence-electron chi connectivity index (χ0n) is 11.5. The molecule has 5 nitrogen and oxygen atoms in total. The Labute approximate surface area is 118 Å². The third-order valence-electron chi connectivity index (χ3n) is 3.03. The van der Waals surface area contributed by atoms with Crippen LogP contribution >= 0.6 is 11.6 Å². The van der Waals surface area contributed by atoms with Crippen LogP contribution in [0.25, 0.3) is 0 Å². The number of hydrogen-bond acceptors (Lipinski definition) is 4. The number of hydrogen-bond donors (Lipinski definition) is 3. The Kier molecular flexibility index (Phi) is 6.05. The molecule has 0 fully saturated rings. The summed E-state index contributed by atoms with van der Waals surface area (Å²) in [7, 11) is 0. The maximum atomic E-state index is 12.1. The van der Waals surface area contributed by atoms with Gasteiger partial charge in [-0.3, -0.25) is 4.79 Å². The lowest BCUT2D eigenvalue weighted by molar-refractivity contribution is 0.0935. The molecule has 19 heavy (non-hydrogen) atoms. The van der Waals surface area contributed by atoms with Crippen molar-refractivity contribution in [1.82, 2.24) is 10.3 Å². The standard InChI is InChI=1S/C13H21ClN4O/c1-4-8(2)5-9(3)16-13(19)10-6-11(14)17-12(7-10)18-15/h6-9H,4-5,15H2,1-3H3,(H,16,19)(H,17,18). The van der Waals surface area contributed by atoms with Crippen LogP contribution in [0.4, 0.5) is 5.82 Å². The molecular formula is C13H21ClN4O. The first-order valence-corrected chi connectivity index (χ1v) is 6.79. The van der Waals surface area contributed by atoms with Crippen molar-refractivity contribution in [3.05, 3.63) is 22.8 Å². The van der Waals surface area contributed by atoms with Crippen molar-refractivity contribution < 1.29 is 4.79 Å². The van der Waals surface area contributed by atoms with E-state index < -0.39 is 0 Å². The van der Waals surface area contributed by atoms with E-state index in [0.717, 1.165) is 12.8 Å². The smallest absolute Gasteiger partial charge is 0.251 e. The van der Waals surface area contributed by atoms with Crippen LogP contribution in [0.1, 0.15) is 44.0 Å². The van der Waals surface area contributed by atoms with Crippen LogP contribution in [0.3, 0.4) is 0 Å². The predicted molar refractivity (Wildman–Crippen MR) is 78.1 cm³/mol. The highest BCUT2D eigenvalue weighted by Gasteiger charge is 2.13. The Morgan fingerprint density at radius 2 is 2.16 bits per heavy atom. The van der Waals surface area contributed by atoms with Crippen LogP contribution in [0.5, 0.6) is 0 Å². The SMILES string of the molecule is CCC(C)CC(C)NC(=O)c1cc(Cl)nc(NN)c1. The fourth-order valence-electron chi connectivity index (χ4n) is 1.84. The molecule has 1 heterocycles. The first kappa shape index (κ1) is 15.7. The lowest BCUT2D eigenvalue weighted by Crippen LogP contribution is -2.33. The average molecular weight is 285 g/mol. The van der Waals surface area contributed by atoms with Gasteiger partial charge in [0, 0.05) is 11.6 Å². The zero-order valence-corrected chi connectivity index (χ0v) is 12.3. The predicted octanol–water partition coefficient (Wildman–Crippen LogP) is 2.58. The van der Waals surface area contributed by atoms with Crippen LogP contribution in [-0.4, -0.2) is 16.9 Å². The Hall–Kier alpha value is -1.33. The van der Waals surface area contributed by atoms with Crippen LogP contribution in [0, 0.1) is 5.92 Å². The fourth-order valence-corrected chi connectivity index (χ4v) is 2.05. The number of halogens is 1. The lowest BCUT2D eigenvalue weighted by atomic mass is 10.0. The number of pyridine rings is 1. The Bertz CT molecular complexity index is 439. The molecule has 0 aliphatic rings. The number of nitrogens with zero attached hydrogens (tertiary/aromatic N) is 1. The molecule has 4 N–H and O–H groups in total. The summed E-state index contributed by atoms with van der Waals surface area (Å²) in [4.78, 5) is 16.0. The molecule has 0 aliphatic heterocycles. The minimum absolute atomic E-state index is 0.115. The van der Waals surface area contributed by atoms with Crippen molar-refractivity contribution in [3.63, 3.8) is 0 Å². The summed E-state index contributed by atoms with van der Waals surface area (Å²) < 4.78 is 0. The Balaban J connectivity index is 2.70. The molecule has 6 heteroatoms. The largest absolute Gasteiger partial charge is 0.350 e. The molecule has 0 aromatic carbocycles. The number of carbonyl (C=O) groups is 1. The van der Waals surface area contributed by atoms with Crippen LogP contribution in [0.2, 0.25) is 5.15 Å². The van der Waals surface area contributed by atoms with E-state index in [9.17, 15) is 4.79 Å². The summed E-state index contributed by atoms with van der Waals surface area (Å²) in [6.45, 7) is 6.30. The monoisotopic (exact) mass is 284 g/mol. The van der Waals surface area contributed by atoms with E-state index in [1.807, 2.05) is 6.92 Å². The molecule has 0 saturated heterocycles. The van der Waals surface area contributed by atoms with E-state index in [4.69, 9.17) is 17.4 Å². The number of hydrazine groups is 1. The van der Waals surface area contributed by atoms with Crippen LogP contribution in [0.15, 0.2) is 12.1 Å². The summed E-state index contributed by atoms with van der Waals surface area (Å²) >= 11 is 5.83.